The number of carbonyl (C=O) groups is 2. The largest absolute Gasteiger partial charge is 0.493 e. The molecule has 0 aliphatic carbocycles. The van der Waals surface area contributed by atoms with Crippen molar-refractivity contribution in [1.82, 2.24) is 4.90 Å². The molecule has 0 unspecified atom stereocenters. The summed E-state index contributed by atoms with van der Waals surface area (Å²) >= 11 is 0. The topological polar surface area (TPSA) is 69.0 Å². The molecule has 0 saturated carbocycles. The standard InChI is InChI=1S/C18H20FNO5/c1-12-16(18(22)23-3)10-15(25-12)11-20(2)17(21)8-9-24-14-6-4-13(19)5-7-14/h4-7,10H,8-9,11H2,1-3H3. The van der Waals surface area contributed by atoms with Crippen LogP contribution in [-0.4, -0.2) is 37.5 Å². The predicted octanol–water partition coefficient (Wildman–Crippen LogP) is 2.94. The number of hydrogen-bond acceptors (Lipinski definition) is 5. The van der Waals surface area contributed by atoms with E-state index in [9.17, 15) is 14.0 Å². The minimum Gasteiger partial charge on any atom is -0.493 e. The Kier molecular flexibility index (Phi) is 6.16. The van der Waals surface area contributed by atoms with Crippen LogP contribution in [0.1, 0.15) is 28.3 Å². The van der Waals surface area contributed by atoms with Gasteiger partial charge >= 0.3 is 5.97 Å². The molecule has 6 nitrogen and oxygen atoms in total. The molecule has 2 rings (SSSR count). The van der Waals surface area contributed by atoms with Crippen molar-refractivity contribution in [1.29, 1.82) is 0 Å². The Morgan fingerprint density at radius 1 is 1.24 bits per heavy atom. The lowest BCUT2D eigenvalue weighted by Crippen LogP contribution is -2.27. The van der Waals surface area contributed by atoms with Crippen molar-refractivity contribution < 1.29 is 27.9 Å². The summed E-state index contributed by atoms with van der Waals surface area (Å²) in [5.41, 5.74) is 0.345. The molecule has 2 aromatic rings. The van der Waals surface area contributed by atoms with Crippen molar-refractivity contribution >= 4 is 11.9 Å². The van der Waals surface area contributed by atoms with Gasteiger partial charge in [0, 0.05) is 7.05 Å². The van der Waals surface area contributed by atoms with Crippen LogP contribution >= 0.6 is 0 Å². The number of ether oxygens (including phenoxy) is 2. The summed E-state index contributed by atoms with van der Waals surface area (Å²) in [5.74, 6) is 0.477. The maximum absolute atomic E-state index is 12.8. The Bertz CT molecular complexity index is 738. The summed E-state index contributed by atoms with van der Waals surface area (Å²) < 4.78 is 28.3. The molecular weight excluding hydrogens is 329 g/mol. The van der Waals surface area contributed by atoms with E-state index in [0.29, 0.717) is 22.8 Å². The Morgan fingerprint density at radius 2 is 1.92 bits per heavy atom. The predicted molar refractivity (Wildman–Crippen MR) is 87.8 cm³/mol. The highest BCUT2D eigenvalue weighted by Gasteiger charge is 2.18. The molecule has 0 N–H and O–H groups in total. The van der Waals surface area contributed by atoms with Crippen LogP contribution in [0.15, 0.2) is 34.7 Å². The van der Waals surface area contributed by atoms with E-state index < -0.39 is 5.97 Å². The van der Waals surface area contributed by atoms with E-state index in [1.165, 1.54) is 36.3 Å². The normalized spacial score (nSPS) is 10.4. The molecule has 0 saturated heterocycles. The second-order valence-corrected chi connectivity index (χ2v) is 5.48. The van der Waals surface area contributed by atoms with Gasteiger partial charge in [-0.3, -0.25) is 4.79 Å². The van der Waals surface area contributed by atoms with Gasteiger partial charge in [-0.05, 0) is 37.3 Å². The molecule has 1 amide bonds. The van der Waals surface area contributed by atoms with E-state index in [4.69, 9.17) is 9.15 Å². The maximum atomic E-state index is 12.8. The molecule has 0 radical (unpaired) electrons. The molecule has 25 heavy (non-hydrogen) atoms. The summed E-state index contributed by atoms with van der Waals surface area (Å²) in [4.78, 5) is 25.2. The molecule has 0 aliphatic rings. The molecule has 1 heterocycles. The van der Waals surface area contributed by atoms with E-state index in [2.05, 4.69) is 4.74 Å². The van der Waals surface area contributed by atoms with Crippen LogP contribution in [0.25, 0.3) is 0 Å². The number of methoxy groups -OCH3 is 1. The molecular formula is C18H20FNO5. The Balaban J connectivity index is 1.83. The maximum Gasteiger partial charge on any atom is 0.341 e. The number of amides is 1. The van der Waals surface area contributed by atoms with E-state index >= 15 is 0 Å². The third-order valence-electron chi connectivity index (χ3n) is 3.59. The van der Waals surface area contributed by atoms with Gasteiger partial charge in [0.25, 0.3) is 0 Å². The molecule has 0 atom stereocenters. The van der Waals surface area contributed by atoms with Crippen molar-refractivity contribution in [2.75, 3.05) is 20.8 Å². The number of hydrogen-bond donors (Lipinski definition) is 0. The molecule has 1 aromatic heterocycles. The fraction of sp³-hybridized carbons (Fsp3) is 0.333. The van der Waals surface area contributed by atoms with Gasteiger partial charge in [-0.15, -0.1) is 0 Å². The van der Waals surface area contributed by atoms with E-state index in [0.717, 1.165) is 0 Å². The smallest absolute Gasteiger partial charge is 0.341 e. The molecule has 7 heteroatoms. The third-order valence-corrected chi connectivity index (χ3v) is 3.59. The fourth-order valence-corrected chi connectivity index (χ4v) is 2.23. The van der Waals surface area contributed by atoms with Gasteiger partial charge in [0.2, 0.25) is 5.91 Å². The zero-order valence-corrected chi connectivity index (χ0v) is 14.4. The Morgan fingerprint density at radius 3 is 2.56 bits per heavy atom. The molecule has 0 fully saturated rings. The molecule has 0 bridgehead atoms. The number of benzene rings is 1. The summed E-state index contributed by atoms with van der Waals surface area (Å²) in [6, 6.07) is 7.16. The van der Waals surface area contributed by atoms with Crippen LogP contribution in [0, 0.1) is 12.7 Å². The lowest BCUT2D eigenvalue weighted by molar-refractivity contribution is -0.131. The summed E-state index contributed by atoms with van der Waals surface area (Å²) in [5, 5.41) is 0. The summed E-state index contributed by atoms with van der Waals surface area (Å²) in [6.07, 6.45) is 0.164. The zero-order chi connectivity index (χ0) is 18.4. The van der Waals surface area contributed by atoms with Gasteiger partial charge in [0.05, 0.1) is 26.7 Å². The SMILES string of the molecule is COC(=O)c1cc(CN(C)C(=O)CCOc2ccc(F)cc2)oc1C. The van der Waals surface area contributed by atoms with E-state index in [-0.39, 0.29) is 31.3 Å². The van der Waals surface area contributed by atoms with Gasteiger partial charge < -0.3 is 18.8 Å². The fourth-order valence-electron chi connectivity index (χ4n) is 2.23. The highest BCUT2D eigenvalue weighted by molar-refractivity contribution is 5.90. The lowest BCUT2D eigenvalue weighted by Gasteiger charge is -2.16. The minimum absolute atomic E-state index is 0.143. The average molecular weight is 349 g/mol. The second kappa shape index (κ2) is 8.32. The number of halogens is 1. The van der Waals surface area contributed by atoms with Gasteiger partial charge in [0.1, 0.15) is 28.7 Å². The number of nitrogens with zero attached hydrogens (tertiary/aromatic N) is 1. The number of furan rings is 1. The zero-order valence-electron chi connectivity index (χ0n) is 14.4. The van der Waals surface area contributed by atoms with Crippen molar-refractivity contribution in [2.24, 2.45) is 0 Å². The van der Waals surface area contributed by atoms with Crippen molar-refractivity contribution in [2.45, 2.75) is 19.9 Å². The molecule has 0 spiro atoms. The van der Waals surface area contributed by atoms with Crippen LogP contribution in [0.4, 0.5) is 4.39 Å². The first-order valence-corrected chi connectivity index (χ1v) is 7.70. The Hall–Kier alpha value is -2.83. The highest BCUT2D eigenvalue weighted by atomic mass is 19.1. The highest BCUT2D eigenvalue weighted by Crippen LogP contribution is 2.17. The second-order valence-electron chi connectivity index (χ2n) is 5.48. The third kappa shape index (κ3) is 5.07. The monoisotopic (exact) mass is 349 g/mol. The van der Waals surface area contributed by atoms with E-state index in [1.54, 1.807) is 20.0 Å². The summed E-state index contributed by atoms with van der Waals surface area (Å²) in [6.45, 7) is 2.07. The first kappa shape index (κ1) is 18.5. The number of aryl methyl sites for hydroxylation is 1. The first-order valence-electron chi connectivity index (χ1n) is 7.70. The molecule has 134 valence electrons. The first-order chi connectivity index (χ1) is 11.9. The van der Waals surface area contributed by atoms with Crippen LogP contribution < -0.4 is 4.74 Å². The Labute approximate surface area is 145 Å². The number of esters is 1. The van der Waals surface area contributed by atoms with Crippen molar-refractivity contribution in [3.63, 3.8) is 0 Å². The quantitative estimate of drug-likeness (QED) is 0.719. The summed E-state index contributed by atoms with van der Waals surface area (Å²) in [7, 11) is 2.93. The lowest BCUT2D eigenvalue weighted by atomic mass is 10.2. The molecule has 0 aliphatic heterocycles. The molecule has 1 aromatic carbocycles. The number of rotatable bonds is 7. The van der Waals surface area contributed by atoms with E-state index in [1.807, 2.05) is 0 Å². The van der Waals surface area contributed by atoms with Crippen molar-refractivity contribution in [3.8, 4) is 5.75 Å². The van der Waals surface area contributed by atoms with Crippen LogP contribution in [-0.2, 0) is 16.1 Å². The number of carbonyl (C=O) groups excluding carboxylic acids is 2. The van der Waals surface area contributed by atoms with Gasteiger partial charge in [0.15, 0.2) is 0 Å². The van der Waals surface area contributed by atoms with Gasteiger partial charge in [-0.2, -0.15) is 0 Å². The minimum atomic E-state index is -0.478. The van der Waals surface area contributed by atoms with Gasteiger partial charge in [-0.25, -0.2) is 9.18 Å². The van der Waals surface area contributed by atoms with Gasteiger partial charge in [-0.1, -0.05) is 0 Å². The van der Waals surface area contributed by atoms with Crippen molar-refractivity contribution in [3.05, 3.63) is 53.2 Å². The van der Waals surface area contributed by atoms with Crippen LogP contribution in [0.5, 0.6) is 5.75 Å². The van der Waals surface area contributed by atoms with Crippen LogP contribution in [0.3, 0.4) is 0 Å². The average Bonchev–Trinajstić information content (AvgIpc) is 2.96. The van der Waals surface area contributed by atoms with Crippen LogP contribution in [0.2, 0.25) is 0 Å².